The third kappa shape index (κ3) is 50.3. The first-order valence-corrected chi connectivity index (χ1v) is 32.2. The molecule has 0 aliphatic carbocycles. The highest BCUT2D eigenvalue weighted by molar-refractivity contribution is 5.76. The molecule has 0 aliphatic rings. The average Bonchev–Trinajstić information content (AvgIpc) is 3.36. The van der Waals surface area contributed by atoms with Crippen LogP contribution in [-0.2, 0) is 19.1 Å². The number of esters is 1. The van der Waals surface area contributed by atoms with Crippen LogP contribution < -0.4 is 0 Å². The van der Waals surface area contributed by atoms with E-state index in [0.717, 1.165) is 123 Å². The van der Waals surface area contributed by atoms with Crippen LogP contribution >= 0.6 is 0 Å². The van der Waals surface area contributed by atoms with Gasteiger partial charge < -0.3 is 19.4 Å². The van der Waals surface area contributed by atoms with Crippen LogP contribution in [0.25, 0.3) is 0 Å². The van der Waals surface area contributed by atoms with Crippen LogP contribution in [-0.4, -0.2) is 85.4 Å². The summed E-state index contributed by atoms with van der Waals surface area (Å²) in [6.45, 7) is 13.7. The Morgan fingerprint density at radius 2 is 0.535 bits per heavy atom. The summed E-state index contributed by atoms with van der Waals surface area (Å²) < 4.78 is 6.08. The van der Waals surface area contributed by atoms with E-state index < -0.39 is 0 Å². The summed E-state index contributed by atoms with van der Waals surface area (Å²) in [7, 11) is 4.02. The van der Waals surface area contributed by atoms with Crippen LogP contribution in [0.3, 0.4) is 0 Å². The molecule has 7 nitrogen and oxygen atoms in total. The Balaban J connectivity index is 4.68. The van der Waals surface area contributed by atoms with Crippen molar-refractivity contribution >= 4 is 17.8 Å². The van der Waals surface area contributed by atoms with Gasteiger partial charge in [0.15, 0.2) is 0 Å². The fourth-order valence-corrected chi connectivity index (χ4v) is 10.3. The zero-order chi connectivity index (χ0) is 51.9. The van der Waals surface area contributed by atoms with Crippen LogP contribution in [0, 0.1) is 0 Å². The Bertz CT molecular complexity index is 1000. The Morgan fingerprint density at radius 1 is 0.296 bits per heavy atom. The largest absolute Gasteiger partial charge is 0.462 e. The number of hydrogen-bond acceptors (Lipinski definition) is 5. The van der Waals surface area contributed by atoms with Gasteiger partial charge in [0, 0.05) is 45.6 Å². The minimum atomic E-state index is -0.0595. The van der Waals surface area contributed by atoms with E-state index in [0.29, 0.717) is 31.1 Å². The second-order valence-corrected chi connectivity index (χ2v) is 22.6. The molecule has 0 heterocycles. The summed E-state index contributed by atoms with van der Waals surface area (Å²) in [5.41, 5.74) is 0. The Morgan fingerprint density at radius 3 is 0.803 bits per heavy atom. The number of unbranched alkanes of at least 4 members (excludes halogenated alkanes) is 38. The number of ether oxygens (including phenoxy) is 1. The predicted octanol–water partition coefficient (Wildman–Crippen LogP) is 19.3. The van der Waals surface area contributed by atoms with E-state index in [1.165, 1.54) is 205 Å². The molecule has 0 spiro atoms. The van der Waals surface area contributed by atoms with Crippen molar-refractivity contribution in [3.8, 4) is 0 Å². The lowest BCUT2D eigenvalue weighted by Gasteiger charge is -2.23. The minimum Gasteiger partial charge on any atom is -0.462 e. The summed E-state index contributed by atoms with van der Waals surface area (Å²) in [6.07, 6.45) is 59.2. The Hall–Kier alpha value is -1.63. The molecule has 2 amide bonds. The van der Waals surface area contributed by atoms with Crippen molar-refractivity contribution in [1.82, 2.24) is 14.7 Å². The third-order valence-corrected chi connectivity index (χ3v) is 15.2. The molecular weight excluding hydrogens is 875 g/mol. The van der Waals surface area contributed by atoms with Gasteiger partial charge in [-0.1, -0.05) is 259 Å². The highest BCUT2D eigenvalue weighted by Crippen LogP contribution is 2.20. The summed E-state index contributed by atoms with van der Waals surface area (Å²) in [5, 5.41) is 0. The van der Waals surface area contributed by atoms with E-state index in [9.17, 15) is 14.4 Å². The van der Waals surface area contributed by atoms with Gasteiger partial charge in [-0.05, 0) is 78.3 Å². The molecule has 0 aliphatic heterocycles. The SMILES string of the molecule is CCCCCCCCCCN(CCCCCCCCCC)C(=O)CCCCCCCCC(CCCCCCCCC(=O)N(CCCCCCCCCC)CCCCCCCCCC)OC(=O)CCN(C)C. The lowest BCUT2D eigenvalue weighted by molar-refractivity contribution is -0.150. The Kier molecular flexibility index (Phi) is 54.8. The van der Waals surface area contributed by atoms with Gasteiger partial charge in [0.1, 0.15) is 6.10 Å². The van der Waals surface area contributed by atoms with Crippen LogP contribution in [0.4, 0.5) is 0 Å². The molecule has 0 atom stereocenters. The number of carbonyl (C=O) groups is 3. The number of rotatable bonds is 58. The van der Waals surface area contributed by atoms with Crippen molar-refractivity contribution in [2.45, 2.75) is 348 Å². The standard InChI is InChI=1S/C64H127N3O4/c1-7-11-15-19-23-31-39-47-56-66(57-48-40-32-24-20-16-12-8-2)62(68)53-45-37-29-27-35-43-51-61(71-64(70)55-60-65(5)6)52-44-36-28-30-38-46-54-63(69)67(58-49-41-33-25-21-17-13-9-3)59-50-42-34-26-22-18-14-10-4/h61H,7-60H2,1-6H3. The maximum absolute atomic E-state index is 13.4. The predicted molar refractivity (Wildman–Crippen MR) is 311 cm³/mol. The second kappa shape index (κ2) is 56.1. The highest BCUT2D eigenvalue weighted by Gasteiger charge is 2.17. The summed E-state index contributed by atoms with van der Waals surface area (Å²) in [4.78, 5) is 46.2. The highest BCUT2D eigenvalue weighted by atomic mass is 16.5. The lowest BCUT2D eigenvalue weighted by Crippen LogP contribution is -2.32. The van der Waals surface area contributed by atoms with E-state index in [1.807, 2.05) is 14.1 Å². The normalized spacial score (nSPS) is 11.6. The minimum absolute atomic E-state index is 0.0149. The molecule has 422 valence electrons. The molecule has 0 saturated carbocycles. The van der Waals surface area contributed by atoms with Crippen LogP contribution in [0.5, 0.6) is 0 Å². The molecule has 0 N–H and O–H groups in total. The first-order chi connectivity index (χ1) is 34.8. The quantitative estimate of drug-likeness (QED) is 0.0448. The number of amides is 2. The zero-order valence-corrected chi connectivity index (χ0v) is 49.2. The Labute approximate surface area is 445 Å². The summed E-state index contributed by atoms with van der Waals surface area (Å²) in [6, 6.07) is 0. The molecule has 0 unspecified atom stereocenters. The molecule has 7 heteroatoms. The van der Waals surface area contributed by atoms with Gasteiger partial charge in [-0.25, -0.2) is 0 Å². The average molecular weight is 1000 g/mol. The number of nitrogens with zero attached hydrogens (tertiary/aromatic N) is 3. The molecule has 0 aromatic heterocycles. The lowest BCUT2D eigenvalue weighted by atomic mass is 10.0. The molecule has 0 saturated heterocycles. The van der Waals surface area contributed by atoms with Gasteiger partial charge in [-0.15, -0.1) is 0 Å². The van der Waals surface area contributed by atoms with E-state index in [2.05, 4.69) is 42.4 Å². The third-order valence-electron chi connectivity index (χ3n) is 15.2. The zero-order valence-electron chi connectivity index (χ0n) is 49.2. The van der Waals surface area contributed by atoms with Crippen molar-refractivity contribution in [2.75, 3.05) is 46.8 Å². The summed E-state index contributed by atoms with van der Waals surface area (Å²) >= 11 is 0. The monoisotopic (exact) mass is 1000 g/mol. The molecular formula is C64H127N3O4. The topological polar surface area (TPSA) is 70.2 Å². The first-order valence-electron chi connectivity index (χ1n) is 32.2. The molecule has 0 aromatic rings. The van der Waals surface area contributed by atoms with Gasteiger partial charge in [-0.2, -0.15) is 0 Å². The maximum atomic E-state index is 13.4. The van der Waals surface area contributed by atoms with Crippen LogP contribution in [0.1, 0.15) is 342 Å². The number of carbonyl (C=O) groups excluding carboxylic acids is 3. The van der Waals surface area contributed by atoms with Crippen molar-refractivity contribution in [3.05, 3.63) is 0 Å². The van der Waals surface area contributed by atoms with E-state index in [1.54, 1.807) is 0 Å². The van der Waals surface area contributed by atoms with Gasteiger partial charge in [0.25, 0.3) is 0 Å². The molecule has 0 aromatic carbocycles. The van der Waals surface area contributed by atoms with E-state index >= 15 is 0 Å². The molecule has 0 fully saturated rings. The van der Waals surface area contributed by atoms with Crippen molar-refractivity contribution in [2.24, 2.45) is 0 Å². The number of hydrogen-bond donors (Lipinski definition) is 0. The van der Waals surface area contributed by atoms with Gasteiger partial charge in [0.2, 0.25) is 11.8 Å². The maximum Gasteiger partial charge on any atom is 0.307 e. The molecule has 0 radical (unpaired) electrons. The summed E-state index contributed by atoms with van der Waals surface area (Å²) in [5.74, 6) is 0.719. The van der Waals surface area contributed by atoms with Gasteiger partial charge >= 0.3 is 5.97 Å². The first kappa shape index (κ1) is 69.4. The fourth-order valence-electron chi connectivity index (χ4n) is 10.3. The van der Waals surface area contributed by atoms with Crippen molar-refractivity contribution in [3.63, 3.8) is 0 Å². The van der Waals surface area contributed by atoms with Crippen molar-refractivity contribution in [1.29, 1.82) is 0 Å². The van der Waals surface area contributed by atoms with Crippen molar-refractivity contribution < 1.29 is 19.1 Å². The van der Waals surface area contributed by atoms with Crippen LogP contribution in [0.2, 0.25) is 0 Å². The fraction of sp³-hybridized carbons (Fsp3) is 0.953. The second-order valence-electron chi connectivity index (χ2n) is 22.6. The molecule has 0 bridgehead atoms. The van der Waals surface area contributed by atoms with Crippen LogP contribution in [0.15, 0.2) is 0 Å². The van der Waals surface area contributed by atoms with Gasteiger partial charge in [0.05, 0.1) is 6.42 Å². The van der Waals surface area contributed by atoms with E-state index in [4.69, 9.17) is 4.74 Å². The van der Waals surface area contributed by atoms with Gasteiger partial charge in [-0.3, -0.25) is 14.4 Å². The smallest absolute Gasteiger partial charge is 0.307 e. The molecule has 0 rings (SSSR count). The molecule has 71 heavy (non-hydrogen) atoms. The van der Waals surface area contributed by atoms with E-state index in [-0.39, 0.29) is 12.1 Å².